The lowest BCUT2D eigenvalue weighted by Crippen LogP contribution is -2.63. The van der Waals surface area contributed by atoms with Gasteiger partial charge >= 0.3 is 5.97 Å². The summed E-state index contributed by atoms with van der Waals surface area (Å²) in [6.45, 7) is 3.53. The zero-order chi connectivity index (χ0) is 24.8. The lowest BCUT2D eigenvalue weighted by Gasteiger charge is -2.57. The number of carboxylic acid groups (broad SMARTS) is 1. The van der Waals surface area contributed by atoms with Crippen LogP contribution in [-0.2, 0) is 14.3 Å². The maximum Gasteiger partial charge on any atom is 0.339 e. The number of allylic oxidation sites excluding steroid dienone is 1. The lowest BCUT2D eigenvalue weighted by molar-refractivity contribution is -0.221. The number of rotatable bonds is 5. The summed E-state index contributed by atoms with van der Waals surface area (Å²) >= 11 is 0. The van der Waals surface area contributed by atoms with Crippen LogP contribution in [0.2, 0.25) is 0 Å². The molecule has 0 aromatic heterocycles. The summed E-state index contributed by atoms with van der Waals surface area (Å²) in [6.07, 6.45) is 1.35. The fraction of sp³-hybridized carbons (Fsp3) is 0.542. The first-order chi connectivity index (χ1) is 15.8. The smallest absolute Gasteiger partial charge is 0.339 e. The molecule has 1 unspecified atom stereocenters. The van der Waals surface area contributed by atoms with Gasteiger partial charge in [0.15, 0.2) is 11.5 Å². The number of carbonyl (C=O) groups is 3. The van der Waals surface area contributed by atoms with Crippen LogP contribution in [0.4, 0.5) is 5.69 Å². The van der Waals surface area contributed by atoms with Crippen molar-refractivity contribution in [2.45, 2.75) is 57.3 Å². The van der Waals surface area contributed by atoms with Gasteiger partial charge in [0.05, 0.1) is 17.8 Å². The molecule has 3 aliphatic carbocycles. The molecule has 1 aromatic rings. The number of aromatic carboxylic acids is 1. The van der Waals surface area contributed by atoms with Crippen LogP contribution in [0.3, 0.4) is 0 Å². The minimum Gasteiger partial charge on any atom is -0.506 e. The van der Waals surface area contributed by atoms with E-state index < -0.39 is 74.6 Å². The Morgan fingerprint density at radius 3 is 2.56 bits per heavy atom. The first kappa shape index (κ1) is 22.7. The highest BCUT2D eigenvalue weighted by molar-refractivity contribution is 6.01. The van der Waals surface area contributed by atoms with E-state index in [2.05, 4.69) is 5.32 Å². The molecule has 10 heteroatoms. The Kier molecular flexibility index (Phi) is 4.64. The topological polar surface area (TPSA) is 174 Å². The molecular formula is C24H27NO9. The molecule has 7 atom stereocenters. The van der Waals surface area contributed by atoms with E-state index in [4.69, 9.17) is 9.84 Å². The summed E-state index contributed by atoms with van der Waals surface area (Å²) < 4.78 is 6.23. The Bertz CT molecular complexity index is 1160. The molecule has 1 aromatic carbocycles. The number of Topliss-reactive ketones (excluding diaryl/α,β-unsaturated/α-hetero) is 1. The van der Waals surface area contributed by atoms with Crippen molar-refractivity contribution in [1.29, 1.82) is 0 Å². The zero-order valence-corrected chi connectivity index (χ0v) is 18.7. The van der Waals surface area contributed by atoms with Gasteiger partial charge in [0, 0.05) is 23.2 Å². The molecule has 0 radical (unpaired) electrons. The fourth-order valence-corrected chi connectivity index (χ4v) is 7.18. The van der Waals surface area contributed by atoms with Crippen LogP contribution in [0.1, 0.15) is 49.9 Å². The van der Waals surface area contributed by atoms with Crippen LogP contribution in [0, 0.1) is 22.7 Å². The van der Waals surface area contributed by atoms with Gasteiger partial charge in [-0.1, -0.05) is 6.92 Å². The minimum atomic E-state index is -1.43. The van der Waals surface area contributed by atoms with Crippen molar-refractivity contribution in [2.24, 2.45) is 22.7 Å². The number of phenols is 2. The highest BCUT2D eigenvalue weighted by Gasteiger charge is 2.77. The van der Waals surface area contributed by atoms with Crippen LogP contribution < -0.4 is 5.32 Å². The Morgan fingerprint density at radius 1 is 1.21 bits per heavy atom. The fourth-order valence-electron chi connectivity index (χ4n) is 7.18. The van der Waals surface area contributed by atoms with Gasteiger partial charge in [0.25, 0.3) is 0 Å². The average molecular weight is 473 g/mol. The normalized spacial score (nSPS) is 39.6. The van der Waals surface area contributed by atoms with E-state index in [1.807, 2.05) is 6.92 Å². The number of ether oxygens (including phenoxy) is 1. The Balaban J connectivity index is 1.41. The first-order valence-corrected chi connectivity index (χ1v) is 11.3. The van der Waals surface area contributed by atoms with Crippen LogP contribution >= 0.6 is 0 Å². The van der Waals surface area contributed by atoms with E-state index in [1.54, 1.807) is 6.92 Å². The highest BCUT2D eigenvalue weighted by Crippen LogP contribution is 2.72. The van der Waals surface area contributed by atoms with Crippen molar-refractivity contribution in [3.63, 3.8) is 0 Å². The van der Waals surface area contributed by atoms with Crippen molar-refractivity contribution in [3.05, 3.63) is 29.5 Å². The van der Waals surface area contributed by atoms with Gasteiger partial charge in [0.1, 0.15) is 17.0 Å². The summed E-state index contributed by atoms with van der Waals surface area (Å²) in [5, 5.41) is 53.4. The molecule has 2 saturated carbocycles. The third-order valence-electron chi connectivity index (χ3n) is 8.70. The predicted octanol–water partition coefficient (Wildman–Crippen LogP) is 2.09. The molecule has 1 spiro atoms. The lowest BCUT2D eigenvalue weighted by atomic mass is 9.50. The van der Waals surface area contributed by atoms with Crippen molar-refractivity contribution < 1.29 is 44.7 Å². The molecule has 2 aliphatic heterocycles. The SMILES string of the molecule is C[C@@]12O[C@H]3C[C@@H]1C[C@@]1(C=C(O)C(=O)[C@@](C)(CCC(=O)Nc4c(O)ccc(C(=O)O)c4O)C31)[C@H]2O. The number of carboxylic acids is 1. The zero-order valence-electron chi connectivity index (χ0n) is 18.7. The van der Waals surface area contributed by atoms with Crippen molar-refractivity contribution in [3.8, 4) is 11.5 Å². The van der Waals surface area contributed by atoms with Crippen LogP contribution in [0.5, 0.6) is 11.5 Å². The summed E-state index contributed by atoms with van der Waals surface area (Å²) in [5.74, 6) is -4.65. The van der Waals surface area contributed by atoms with Gasteiger partial charge in [-0.25, -0.2) is 4.79 Å². The number of aliphatic hydroxyl groups excluding tert-OH is 2. The van der Waals surface area contributed by atoms with E-state index in [0.29, 0.717) is 12.8 Å². The van der Waals surface area contributed by atoms with Gasteiger partial charge in [0.2, 0.25) is 11.7 Å². The van der Waals surface area contributed by atoms with E-state index in [-0.39, 0.29) is 24.9 Å². The second kappa shape index (κ2) is 6.96. The second-order valence-electron chi connectivity index (χ2n) is 10.5. The maximum absolute atomic E-state index is 13.2. The number of phenolic OH excluding ortho intramolecular Hbond substituents is 1. The molecule has 1 amide bonds. The number of nitrogens with one attached hydrogen (secondary N) is 1. The van der Waals surface area contributed by atoms with E-state index in [0.717, 1.165) is 12.1 Å². The molecule has 4 fully saturated rings. The number of carbonyl (C=O) groups excluding carboxylic acids is 2. The number of aliphatic hydroxyl groups is 2. The van der Waals surface area contributed by atoms with Gasteiger partial charge in [-0.05, 0) is 50.3 Å². The van der Waals surface area contributed by atoms with Crippen LogP contribution in [0.25, 0.3) is 0 Å². The number of hydrogen-bond acceptors (Lipinski definition) is 8. The quantitative estimate of drug-likeness (QED) is 0.350. The second-order valence-corrected chi connectivity index (χ2v) is 10.5. The standard InChI is InChI=1S/C24H27NO9/c1-22(6-5-15(28)25-16-12(26)4-3-11(17(16)29)20(31)32)18-14-7-10-8-24(18,9-13(27)19(22)30)21(33)23(10,2)34-14/h3-4,9-10,14,18,21,26-27,29,33H,5-8H2,1-2H3,(H,25,28)(H,31,32)/t10-,14+,18?,21+,22+,23-,24+/m1/s1. The molecule has 182 valence electrons. The summed E-state index contributed by atoms with van der Waals surface area (Å²) in [6, 6.07) is 2.05. The molecular weight excluding hydrogens is 446 g/mol. The van der Waals surface area contributed by atoms with Crippen molar-refractivity contribution in [1.82, 2.24) is 0 Å². The summed E-state index contributed by atoms with van der Waals surface area (Å²) in [5.41, 5.74) is -3.69. The number of aromatic hydroxyl groups is 2. The number of anilines is 1. The first-order valence-electron chi connectivity index (χ1n) is 11.3. The molecule has 2 heterocycles. The summed E-state index contributed by atoms with van der Waals surface area (Å²) in [4.78, 5) is 37.2. The van der Waals surface area contributed by atoms with E-state index >= 15 is 0 Å². The van der Waals surface area contributed by atoms with E-state index in [9.17, 15) is 34.8 Å². The molecule has 4 bridgehead atoms. The van der Waals surface area contributed by atoms with Gasteiger partial charge in [-0.2, -0.15) is 0 Å². The third kappa shape index (κ3) is 2.72. The van der Waals surface area contributed by atoms with Crippen LogP contribution in [-0.4, -0.2) is 61.0 Å². The average Bonchev–Trinajstić information content (AvgIpc) is 3.10. The third-order valence-corrected chi connectivity index (χ3v) is 8.70. The largest absolute Gasteiger partial charge is 0.506 e. The van der Waals surface area contributed by atoms with Gasteiger partial charge < -0.3 is 35.6 Å². The van der Waals surface area contributed by atoms with Gasteiger partial charge in [-0.3, -0.25) is 9.59 Å². The molecule has 34 heavy (non-hydrogen) atoms. The Morgan fingerprint density at radius 2 is 1.91 bits per heavy atom. The van der Waals surface area contributed by atoms with Crippen molar-refractivity contribution in [2.75, 3.05) is 5.32 Å². The Hall–Kier alpha value is -3.11. The summed E-state index contributed by atoms with van der Waals surface area (Å²) in [7, 11) is 0. The molecule has 6 rings (SSSR count). The van der Waals surface area contributed by atoms with E-state index in [1.165, 1.54) is 6.08 Å². The number of benzene rings is 1. The highest BCUT2D eigenvalue weighted by atomic mass is 16.5. The molecule has 2 saturated heterocycles. The van der Waals surface area contributed by atoms with Gasteiger partial charge in [-0.15, -0.1) is 0 Å². The molecule has 6 N–H and O–H groups in total. The Labute approximate surface area is 194 Å². The van der Waals surface area contributed by atoms with Crippen LogP contribution in [0.15, 0.2) is 24.0 Å². The minimum absolute atomic E-state index is 0.0100. The molecule has 10 nitrogen and oxygen atoms in total. The predicted molar refractivity (Wildman–Crippen MR) is 116 cm³/mol. The number of ketones is 1. The number of amides is 1. The van der Waals surface area contributed by atoms with Crippen molar-refractivity contribution >= 4 is 23.3 Å². The maximum atomic E-state index is 13.2. The molecule has 5 aliphatic rings. The number of hydrogen-bond donors (Lipinski definition) is 6. The monoisotopic (exact) mass is 473 g/mol.